The molecule has 1 fully saturated rings. The summed E-state index contributed by atoms with van der Waals surface area (Å²) in [7, 11) is 0. The number of halogens is 1. The Balaban J connectivity index is 0.000000963. The van der Waals surface area contributed by atoms with E-state index < -0.39 is 0 Å². The Bertz CT molecular complexity index is 421. The van der Waals surface area contributed by atoms with Crippen molar-refractivity contribution >= 4 is 24.0 Å². The van der Waals surface area contributed by atoms with Crippen molar-refractivity contribution in [3.05, 3.63) is 29.8 Å². The minimum absolute atomic E-state index is 0. The van der Waals surface area contributed by atoms with Gasteiger partial charge in [0.2, 0.25) is 5.91 Å². The lowest BCUT2D eigenvalue weighted by Gasteiger charge is -2.32. The number of amides is 1. The van der Waals surface area contributed by atoms with E-state index in [1.54, 1.807) is 0 Å². The first-order valence-corrected chi connectivity index (χ1v) is 5.40. The van der Waals surface area contributed by atoms with Crippen LogP contribution < -0.4 is 10.6 Å². The molecule has 2 aliphatic heterocycles. The van der Waals surface area contributed by atoms with Gasteiger partial charge in [-0.2, -0.15) is 0 Å². The van der Waals surface area contributed by atoms with Gasteiger partial charge in [-0.15, -0.1) is 12.4 Å². The van der Waals surface area contributed by atoms with Crippen molar-refractivity contribution < 1.29 is 4.79 Å². The van der Waals surface area contributed by atoms with Crippen molar-refractivity contribution in [3.63, 3.8) is 0 Å². The highest BCUT2D eigenvalue weighted by atomic mass is 35.5. The lowest BCUT2D eigenvalue weighted by Crippen LogP contribution is -2.37. The third-order valence-corrected chi connectivity index (χ3v) is 3.56. The first-order chi connectivity index (χ1) is 7.27. The summed E-state index contributed by atoms with van der Waals surface area (Å²) in [6, 6.07) is 8.52. The normalized spacial score (nSPS) is 30.6. The Hall–Kier alpha value is -1.22. The summed E-state index contributed by atoms with van der Waals surface area (Å²) in [5, 5.41) is 6.36. The number of para-hydroxylation sites is 1. The van der Waals surface area contributed by atoms with E-state index in [-0.39, 0.29) is 30.3 Å². The third-order valence-electron chi connectivity index (χ3n) is 3.56. The molecule has 16 heavy (non-hydrogen) atoms. The van der Waals surface area contributed by atoms with Gasteiger partial charge in [0.05, 0.1) is 12.0 Å². The van der Waals surface area contributed by atoms with Crippen LogP contribution in [0.2, 0.25) is 0 Å². The van der Waals surface area contributed by atoms with Crippen LogP contribution in [-0.2, 0) is 4.79 Å². The summed E-state index contributed by atoms with van der Waals surface area (Å²) in [4.78, 5) is 11.7. The Labute approximate surface area is 101 Å². The zero-order chi connectivity index (χ0) is 10.4. The number of nitrogens with one attached hydrogen (secondary N) is 2. The van der Waals surface area contributed by atoms with Crippen LogP contribution in [0.4, 0.5) is 5.69 Å². The van der Waals surface area contributed by atoms with Gasteiger partial charge in [-0.1, -0.05) is 25.1 Å². The minimum Gasteiger partial charge on any atom is -0.379 e. The molecule has 4 heteroatoms. The second-order valence-electron chi connectivity index (χ2n) is 4.40. The topological polar surface area (TPSA) is 41.1 Å². The first kappa shape index (κ1) is 11.3. The van der Waals surface area contributed by atoms with Gasteiger partial charge in [-0.3, -0.25) is 4.79 Å². The molecule has 0 spiro atoms. The Kier molecular flexibility index (Phi) is 2.80. The van der Waals surface area contributed by atoms with E-state index in [4.69, 9.17) is 0 Å². The predicted octanol–water partition coefficient (Wildman–Crippen LogP) is 1.75. The number of benzene rings is 1. The van der Waals surface area contributed by atoms with Gasteiger partial charge in [0.1, 0.15) is 0 Å². The Morgan fingerprint density at radius 2 is 2.06 bits per heavy atom. The Morgan fingerprint density at radius 1 is 1.31 bits per heavy atom. The molecule has 1 saturated heterocycles. The first-order valence-electron chi connectivity index (χ1n) is 5.40. The average molecular weight is 239 g/mol. The van der Waals surface area contributed by atoms with Crippen molar-refractivity contribution in [1.82, 2.24) is 5.32 Å². The fourth-order valence-electron chi connectivity index (χ4n) is 2.77. The molecular weight excluding hydrogens is 224 g/mol. The molecule has 3 nitrogen and oxygen atoms in total. The van der Waals surface area contributed by atoms with Gasteiger partial charge in [0, 0.05) is 12.2 Å². The highest BCUT2D eigenvalue weighted by molar-refractivity contribution is 5.85. The minimum atomic E-state index is 0. The molecule has 2 aliphatic rings. The molecule has 3 rings (SSSR count). The second-order valence-corrected chi connectivity index (χ2v) is 4.40. The third kappa shape index (κ3) is 1.47. The molecule has 2 N–H and O–H groups in total. The van der Waals surface area contributed by atoms with Crippen LogP contribution in [0.1, 0.15) is 18.4 Å². The van der Waals surface area contributed by atoms with Gasteiger partial charge >= 0.3 is 0 Å². The number of anilines is 1. The highest BCUT2D eigenvalue weighted by Crippen LogP contribution is 2.39. The second kappa shape index (κ2) is 3.98. The quantitative estimate of drug-likeness (QED) is 0.723. The maximum absolute atomic E-state index is 11.7. The van der Waals surface area contributed by atoms with E-state index in [1.165, 1.54) is 11.3 Å². The van der Waals surface area contributed by atoms with Gasteiger partial charge < -0.3 is 10.6 Å². The fourth-order valence-corrected chi connectivity index (χ4v) is 2.77. The molecular formula is C12H15ClN2O. The van der Waals surface area contributed by atoms with Crippen LogP contribution in [-0.4, -0.2) is 18.5 Å². The molecule has 0 radical (unpaired) electrons. The van der Waals surface area contributed by atoms with Crippen molar-refractivity contribution in [2.45, 2.75) is 18.9 Å². The van der Waals surface area contributed by atoms with Crippen LogP contribution in [0.5, 0.6) is 0 Å². The molecule has 0 aromatic heterocycles. The van der Waals surface area contributed by atoms with Gasteiger partial charge in [-0.05, 0) is 17.5 Å². The molecule has 0 bridgehead atoms. The number of rotatable bonds is 0. The number of fused-ring (bicyclic) bond motifs is 2. The molecule has 1 aromatic carbocycles. The molecule has 0 saturated carbocycles. The Morgan fingerprint density at radius 3 is 2.88 bits per heavy atom. The monoisotopic (exact) mass is 238 g/mol. The van der Waals surface area contributed by atoms with E-state index in [0.717, 1.165) is 6.54 Å². The molecule has 1 aromatic rings. The van der Waals surface area contributed by atoms with Crippen LogP contribution in [0.25, 0.3) is 0 Å². The zero-order valence-corrected chi connectivity index (χ0v) is 9.88. The van der Waals surface area contributed by atoms with Crippen LogP contribution in [0.15, 0.2) is 24.3 Å². The van der Waals surface area contributed by atoms with Crippen molar-refractivity contribution in [2.24, 2.45) is 5.92 Å². The summed E-state index contributed by atoms with van der Waals surface area (Å²) >= 11 is 0. The van der Waals surface area contributed by atoms with E-state index >= 15 is 0 Å². The molecule has 3 unspecified atom stereocenters. The molecule has 86 valence electrons. The molecule has 2 heterocycles. The summed E-state index contributed by atoms with van der Waals surface area (Å²) in [6.07, 6.45) is 0. The highest BCUT2D eigenvalue weighted by Gasteiger charge is 2.42. The number of carbonyl (C=O) groups excluding carboxylic acids is 1. The lowest BCUT2D eigenvalue weighted by molar-refractivity contribution is -0.123. The smallest absolute Gasteiger partial charge is 0.225 e. The molecule has 0 aliphatic carbocycles. The van der Waals surface area contributed by atoms with Gasteiger partial charge in [0.15, 0.2) is 0 Å². The van der Waals surface area contributed by atoms with Gasteiger partial charge in [-0.25, -0.2) is 0 Å². The molecule has 1 amide bonds. The molecule has 3 atom stereocenters. The summed E-state index contributed by atoms with van der Waals surface area (Å²) < 4.78 is 0. The van der Waals surface area contributed by atoms with E-state index in [1.807, 2.05) is 12.1 Å². The largest absolute Gasteiger partial charge is 0.379 e. The van der Waals surface area contributed by atoms with Crippen LogP contribution in [0, 0.1) is 5.92 Å². The predicted molar refractivity (Wildman–Crippen MR) is 66.0 cm³/mol. The summed E-state index contributed by atoms with van der Waals surface area (Å²) in [5.41, 5.74) is 2.44. The summed E-state index contributed by atoms with van der Waals surface area (Å²) in [6.45, 7) is 2.89. The van der Waals surface area contributed by atoms with Crippen molar-refractivity contribution in [3.8, 4) is 0 Å². The number of hydrogen-bond donors (Lipinski definition) is 2. The SMILES string of the molecule is CC1c2ccccc2NC2CNC(=O)C21.Cl. The van der Waals surface area contributed by atoms with Crippen LogP contribution >= 0.6 is 12.4 Å². The fraction of sp³-hybridized carbons (Fsp3) is 0.417. The van der Waals surface area contributed by atoms with E-state index in [9.17, 15) is 4.79 Å². The maximum atomic E-state index is 11.7. The van der Waals surface area contributed by atoms with Crippen molar-refractivity contribution in [2.75, 3.05) is 11.9 Å². The average Bonchev–Trinajstić information content (AvgIpc) is 2.61. The van der Waals surface area contributed by atoms with Gasteiger partial charge in [0.25, 0.3) is 0 Å². The lowest BCUT2D eigenvalue weighted by atomic mass is 9.80. The van der Waals surface area contributed by atoms with Crippen molar-refractivity contribution in [1.29, 1.82) is 0 Å². The number of hydrogen-bond acceptors (Lipinski definition) is 2. The zero-order valence-electron chi connectivity index (χ0n) is 9.07. The standard InChI is InChI=1S/C12H14N2O.ClH/c1-7-8-4-2-3-5-9(8)14-10-6-13-12(15)11(7)10;/h2-5,7,10-11,14H,6H2,1H3,(H,13,15);1H. The number of carbonyl (C=O) groups is 1. The van der Waals surface area contributed by atoms with E-state index in [2.05, 4.69) is 29.7 Å². The van der Waals surface area contributed by atoms with Crippen LogP contribution in [0.3, 0.4) is 0 Å². The van der Waals surface area contributed by atoms with E-state index in [0.29, 0.717) is 5.92 Å². The maximum Gasteiger partial charge on any atom is 0.225 e. The summed E-state index contributed by atoms with van der Waals surface area (Å²) in [5.74, 6) is 0.601.